The number of carboxylic acids is 4. The highest BCUT2D eigenvalue weighted by atomic mass is 16.5. The molecular formula is C12H20O12. The predicted molar refractivity (Wildman–Crippen MR) is 73.8 cm³/mol. The van der Waals surface area contributed by atoms with Crippen molar-refractivity contribution in [2.75, 3.05) is 52.9 Å². The fourth-order valence-corrected chi connectivity index (χ4v) is 0.874. The van der Waals surface area contributed by atoms with E-state index in [4.69, 9.17) is 20.4 Å². The Morgan fingerprint density at radius 2 is 0.625 bits per heavy atom. The van der Waals surface area contributed by atoms with Crippen LogP contribution in [0, 0.1) is 0 Å². The largest absolute Gasteiger partial charge is 0.480 e. The third-order valence-corrected chi connectivity index (χ3v) is 1.65. The van der Waals surface area contributed by atoms with Crippen molar-refractivity contribution in [2.45, 2.75) is 0 Å². The summed E-state index contributed by atoms with van der Waals surface area (Å²) in [6.45, 7) is -1.24. The summed E-state index contributed by atoms with van der Waals surface area (Å²) >= 11 is 0. The second kappa shape index (κ2) is 17.1. The SMILES string of the molecule is O=C(O)COCCOCC(=O)O.O=C(O)COCCOCC(=O)O. The van der Waals surface area contributed by atoms with Gasteiger partial charge in [-0.1, -0.05) is 0 Å². The van der Waals surface area contributed by atoms with Crippen molar-refractivity contribution in [2.24, 2.45) is 0 Å². The number of hydrogen-bond donors (Lipinski definition) is 4. The van der Waals surface area contributed by atoms with Crippen LogP contribution >= 0.6 is 0 Å². The summed E-state index contributed by atoms with van der Waals surface area (Å²) in [6.07, 6.45) is 0. The van der Waals surface area contributed by atoms with Gasteiger partial charge in [-0.3, -0.25) is 0 Å². The molecule has 0 spiro atoms. The van der Waals surface area contributed by atoms with Gasteiger partial charge < -0.3 is 39.4 Å². The number of carboxylic acid groups (broad SMARTS) is 4. The molecule has 0 saturated heterocycles. The van der Waals surface area contributed by atoms with Crippen molar-refractivity contribution < 1.29 is 58.6 Å². The third kappa shape index (κ3) is 28.0. The number of rotatable bonds is 14. The Bertz CT molecular complexity index is 308. The van der Waals surface area contributed by atoms with Crippen LogP contribution in [0.1, 0.15) is 0 Å². The lowest BCUT2D eigenvalue weighted by Gasteiger charge is -2.00. The van der Waals surface area contributed by atoms with Gasteiger partial charge in [0.2, 0.25) is 0 Å². The number of hydrogen-bond acceptors (Lipinski definition) is 8. The number of carbonyl (C=O) groups is 4. The van der Waals surface area contributed by atoms with E-state index in [1.165, 1.54) is 0 Å². The molecule has 0 unspecified atom stereocenters. The molecule has 0 heterocycles. The predicted octanol–water partition coefficient (Wildman–Crippen LogP) is -1.62. The van der Waals surface area contributed by atoms with E-state index in [0.717, 1.165) is 0 Å². The van der Waals surface area contributed by atoms with Crippen LogP contribution in [-0.2, 0) is 38.1 Å². The molecule has 0 bridgehead atoms. The number of aliphatic carboxylic acids is 4. The van der Waals surface area contributed by atoms with Crippen molar-refractivity contribution in [1.82, 2.24) is 0 Å². The van der Waals surface area contributed by atoms with Crippen LogP contribution < -0.4 is 0 Å². The molecule has 0 saturated carbocycles. The van der Waals surface area contributed by atoms with Gasteiger partial charge in [-0.05, 0) is 0 Å². The van der Waals surface area contributed by atoms with Crippen molar-refractivity contribution in [1.29, 1.82) is 0 Å². The third-order valence-electron chi connectivity index (χ3n) is 1.65. The minimum Gasteiger partial charge on any atom is -0.480 e. The molecule has 12 heteroatoms. The molecule has 0 aromatic heterocycles. The molecule has 24 heavy (non-hydrogen) atoms. The fraction of sp³-hybridized carbons (Fsp3) is 0.667. The Morgan fingerprint density at radius 1 is 0.458 bits per heavy atom. The van der Waals surface area contributed by atoms with Gasteiger partial charge in [-0.25, -0.2) is 19.2 Å². The minimum absolute atomic E-state index is 0.0829. The highest BCUT2D eigenvalue weighted by Gasteiger charge is 1.98. The molecule has 0 fully saturated rings. The van der Waals surface area contributed by atoms with E-state index in [-0.39, 0.29) is 26.4 Å². The lowest BCUT2D eigenvalue weighted by atomic mass is 10.7. The van der Waals surface area contributed by atoms with Gasteiger partial charge in [0.05, 0.1) is 26.4 Å². The summed E-state index contributed by atoms with van der Waals surface area (Å²) in [6, 6.07) is 0. The molecule has 140 valence electrons. The maximum atomic E-state index is 9.88. The second-order valence-electron chi connectivity index (χ2n) is 3.79. The standard InChI is InChI=1S/2C6H10O6/c2*7-5(8)3-11-1-2-12-4-6(9)10/h2*1-4H2,(H,7,8)(H,9,10). The first-order valence-corrected chi connectivity index (χ1v) is 6.43. The minimum atomic E-state index is -1.06. The van der Waals surface area contributed by atoms with Gasteiger partial charge in [0.1, 0.15) is 26.4 Å². The summed E-state index contributed by atoms with van der Waals surface area (Å²) in [5.41, 5.74) is 0. The van der Waals surface area contributed by atoms with Gasteiger partial charge in [0.15, 0.2) is 0 Å². The Morgan fingerprint density at radius 3 is 0.750 bits per heavy atom. The Balaban J connectivity index is 0. The molecule has 12 nitrogen and oxygen atoms in total. The normalized spacial score (nSPS) is 9.67. The molecule has 0 aliphatic rings. The Kier molecular flexibility index (Phi) is 17.1. The van der Waals surface area contributed by atoms with E-state index in [0.29, 0.717) is 0 Å². The molecule has 0 aromatic carbocycles. The lowest BCUT2D eigenvalue weighted by molar-refractivity contribution is -0.146. The van der Waals surface area contributed by atoms with Gasteiger partial charge >= 0.3 is 23.9 Å². The van der Waals surface area contributed by atoms with Gasteiger partial charge in [-0.15, -0.1) is 0 Å². The summed E-state index contributed by atoms with van der Waals surface area (Å²) in [5.74, 6) is -4.25. The molecule has 0 aliphatic carbocycles. The average molecular weight is 356 g/mol. The van der Waals surface area contributed by atoms with Crippen LogP contribution in [0.4, 0.5) is 0 Å². The highest BCUT2D eigenvalue weighted by Crippen LogP contribution is 1.79. The monoisotopic (exact) mass is 356 g/mol. The zero-order valence-electron chi connectivity index (χ0n) is 12.7. The molecule has 0 rings (SSSR count). The maximum absolute atomic E-state index is 9.88. The van der Waals surface area contributed by atoms with E-state index < -0.39 is 50.3 Å². The molecule has 0 aromatic rings. The molecule has 4 N–H and O–H groups in total. The molecular weight excluding hydrogens is 336 g/mol. The van der Waals surface area contributed by atoms with E-state index >= 15 is 0 Å². The van der Waals surface area contributed by atoms with E-state index in [1.54, 1.807) is 0 Å². The van der Waals surface area contributed by atoms with Gasteiger partial charge in [-0.2, -0.15) is 0 Å². The van der Waals surface area contributed by atoms with Crippen molar-refractivity contribution in [3.8, 4) is 0 Å². The maximum Gasteiger partial charge on any atom is 0.329 e. The Hall–Kier alpha value is -2.28. The van der Waals surface area contributed by atoms with Crippen LogP contribution in [0.25, 0.3) is 0 Å². The second-order valence-corrected chi connectivity index (χ2v) is 3.79. The first-order valence-electron chi connectivity index (χ1n) is 6.43. The summed E-state index contributed by atoms with van der Waals surface area (Å²) in [5, 5.41) is 32.4. The fourth-order valence-electron chi connectivity index (χ4n) is 0.874. The average Bonchev–Trinajstić information content (AvgIpc) is 2.46. The van der Waals surface area contributed by atoms with Crippen molar-refractivity contribution >= 4 is 23.9 Å². The molecule has 0 radical (unpaired) electrons. The van der Waals surface area contributed by atoms with Crippen LogP contribution in [0.2, 0.25) is 0 Å². The van der Waals surface area contributed by atoms with E-state index in [9.17, 15) is 19.2 Å². The zero-order valence-corrected chi connectivity index (χ0v) is 12.7. The van der Waals surface area contributed by atoms with Crippen molar-refractivity contribution in [3.05, 3.63) is 0 Å². The first-order chi connectivity index (χ1) is 11.3. The zero-order chi connectivity index (χ0) is 18.8. The van der Waals surface area contributed by atoms with Crippen LogP contribution in [0.3, 0.4) is 0 Å². The van der Waals surface area contributed by atoms with E-state index in [2.05, 4.69) is 18.9 Å². The number of ether oxygens (including phenoxy) is 4. The quantitative estimate of drug-likeness (QED) is 0.261. The Labute approximate surface area is 136 Å². The molecule has 0 atom stereocenters. The highest BCUT2D eigenvalue weighted by molar-refractivity contribution is 5.68. The van der Waals surface area contributed by atoms with E-state index in [1.807, 2.05) is 0 Å². The first kappa shape index (κ1) is 24.0. The lowest BCUT2D eigenvalue weighted by Crippen LogP contribution is -2.14. The summed E-state index contributed by atoms with van der Waals surface area (Å²) < 4.78 is 18.2. The van der Waals surface area contributed by atoms with Crippen LogP contribution in [0.15, 0.2) is 0 Å². The molecule has 0 aliphatic heterocycles. The van der Waals surface area contributed by atoms with Crippen molar-refractivity contribution in [3.63, 3.8) is 0 Å². The summed E-state index contributed by atoms with van der Waals surface area (Å²) in [7, 11) is 0. The van der Waals surface area contributed by atoms with Crippen LogP contribution in [0.5, 0.6) is 0 Å². The smallest absolute Gasteiger partial charge is 0.329 e. The molecule has 0 amide bonds. The summed E-state index contributed by atoms with van der Waals surface area (Å²) in [4.78, 5) is 39.5. The van der Waals surface area contributed by atoms with Crippen LogP contribution in [-0.4, -0.2) is 97.2 Å². The van der Waals surface area contributed by atoms with Gasteiger partial charge in [0.25, 0.3) is 0 Å². The topological polar surface area (TPSA) is 186 Å². The van der Waals surface area contributed by atoms with Gasteiger partial charge in [0, 0.05) is 0 Å².